The molecule has 0 spiro atoms. The zero-order valence-electron chi connectivity index (χ0n) is 22.9. The van der Waals surface area contributed by atoms with Crippen LogP contribution in [0.3, 0.4) is 0 Å². The number of rotatable bonds is 12. The predicted octanol–water partition coefficient (Wildman–Crippen LogP) is 3.76. The van der Waals surface area contributed by atoms with Crippen LogP contribution in [0.2, 0.25) is 0 Å². The first-order valence-electron chi connectivity index (χ1n) is 12.5. The molecule has 0 bridgehead atoms. The number of hydrogen-bond donors (Lipinski definition) is 1. The van der Waals surface area contributed by atoms with Crippen LogP contribution in [0.5, 0.6) is 11.5 Å². The van der Waals surface area contributed by atoms with Gasteiger partial charge in [-0.1, -0.05) is 55.0 Å². The van der Waals surface area contributed by atoms with Crippen LogP contribution in [0.15, 0.2) is 77.7 Å². The third-order valence-corrected chi connectivity index (χ3v) is 8.16. The molecule has 0 saturated carbocycles. The maximum absolute atomic E-state index is 14.0. The van der Waals surface area contributed by atoms with E-state index in [2.05, 4.69) is 5.32 Å². The number of amides is 2. The molecular formula is C29H35N3O6S. The molecule has 10 heteroatoms. The molecule has 9 nitrogen and oxygen atoms in total. The molecule has 3 aromatic rings. The standard InChI is InChI=1S/C29H35N3O6S/c1-6-25(29(34)30-3)31(19-22-14-12-21(2)13-15-22)28(33)20-32(39(35,36)24-10-8-7-9-11-24)23-16-17-26(37-4)27(18-23)38-5/h7-18,25H,6,19-20H2,1-5H3,(H,30,34)/t25-/m1/s1. The molecule has 0 aliphatic rings. The van der Waals surface area contributed by atoms with E-state index in [9.17, 15) is 18.0 Å². The second-order valence-corrected chi connectivity index (χ2v) is 10.8. The van der Waals surface area contributed by atoms with Crippen LogP contribution in [-0.2, 0) is 26.2 Å². The SMILES string of the molecule is CC[C@H](C(=O)NC)N(Cc1ccc(C)cc1)C(=O)CN(c1ccc(OC)c(OC)c1)S(=O)(=O)c1ccccc1. The van der Waals surface area contributed by atoms with Crippen molar-refractivity contribution in [1.82, 2.24) is 10.2 Å². The average Bonchev–Trinajstić information content (AvgIpc) is 2.96. The molecule has 0 aliphatic heterocycles. The highest BCUT2D eigenvalue weighted by Gasteiger charge is 2.33. The largest absolute Gasteiger partial charge is 0.493 e. The highest BCUT2D eigenvalue weighted by atomic mass is 32.2. The summed E-state index contributed by atoms with van der Waals surface area (Å²) >= 11 is 0. The average molecular weight is 554 g/mol. The summed E-state index contributed by atoms with van der Waals surface area (Å²) in [7, 11) is 0.258. The first-order chi connectivity index (χ1) is 18.7. The maximum Gasteiger partial charge on any atom is 0.264 e. The lowest BCUT2D eigenvalue weighted by Crippen LogP contribution is -2.51. The molecule has 39 heavy (non-hydrogen) atoms. The third-order valence-electron chi connectivity index (χ3n) is 6.37. The Balaban J connectivity index is 2.10. The van der Waals surface area contributed by atoms with Crippen molar-refractivity contribution in [3.05, 3.63) is 83.9 Å². The summed E-state index contributed by atoms with van der Waals surface area (Å²) in [6.45, 7) is 3.37. The smallest absolute Gasteiger partial charge is 0.264 e. The number of methoxy groups -OCH3 is 2. The Hall–Kier alpha value is -4.05. The highest BCUT2D eigenvalue weighted by molar-refractivity contribution is 7.92. The van der Waals surface area contributed by atoms with Crippen molar-refractivity contribution in [2.24, 2.45) is 0 Å². The van der Waals surface area contributed by atoms with Gasteiger partial charge in [-0.3, -0.25) is 13.9 Å². The number of carbonyl (C=O) groups is 2. The normalized spacial score (nSPS) is 11.8. The van der Waals surface area contributed by atoms with E-state index in [1.807, 2.05) is 38.1 Å². The fraction of sp³-hybridized carbons (Fsp3) is 0.310. The topological polar surface area (TPSA) is 105 Å². The summed E-state index contributed by atoms with van der Waals surface area (Å²) in [5.74, 6) is -0.137. The number of benzene rings is 3. The Morgan fingerprint density at radius 1 is 0.923 bits per heavy atom. The Morgan fingerprint density at radius 2 is 1.56 bits per heavy atom. The maximum atomic E-state index is 14.0. The molecule has 2 amide bonds. The first kappa shape index (κ1) is 29.5. The fourth-order valence-electron chi connectivity index (χ4n) is 4.20. The Labute approximate surface area is 230 Å². The van der Waals surface area contributed by atoms with Gasteiger partial charge in [0.2, 0.25) is 11.8 Å². The van der Waals surface area contributed by atoms with E-state index in [4.69, 9.17) is 9.47 Å². The Morgan fingerprint density at radius 3 is 2.13 bits per heavy atom. The molecular weight excluding hydrogens is 518 g/mol. The number of ether oxygens (including phenoxy) is 2. The van der Waals surface area contributed by atoms with E-state index in [1.54, 1.807) is 30.3 Å². The molecule has 208 valence electrons. The number of nitrogens with zero attached hydrogens (tertiary/aromatic N) is 2. The first-order valence-corrected chi connectivity index (χ1v) is 14.0. The molecule has 0 radical (unpaired) electrons. The van der Waals surface area contributed by atoms with Crippen molar-refractivity contribution in [2.75, 3.05) is 32.1 Å². The molecule has 1 N–H and O–H groups in total. The molecule has 0 heterocycles. The minimum absolute atomic E-state index is 0.0241. The van der Waals surface area contributed by atoms with Gasteiger partial charge in [-0.2, -0.15) is 0 Å². The minimum Gasteiger partial charge on any atom is -0.493 e. The van der Waals surface area contributed by atoms with Crippen molar-refractivity contribution in [1.29, 1.82) is 0 Å². The van der Waals surface area contributed by atoms with Gasteiger partial charge in [0.25, 0.3) is 10.0 Å². The summed E-state index contributed by atoms with van der Waals surface area (Å²) in [5, 5.41) is 2.62. The molecule has 0 fully saturated rings. The molecule has 1 atom stereocenters. The zero-order chi connectivity index (χ0) is 28.6. The van der Waals surface area contributed by atoms with Crippen LogP contribution in [0.25, 0.3) is 0 Å². The summed E-state index contributed by atoms with van der Waals surface area (Å²) in [6, 6.07) is 19.3. The quantitative estimate of drug-likeness (QED) is 0.366. The molecule has 0 aliphatic carbocycles. The summed E-state index contributed by atoms with van der Waals surface area (Å²) in [5.41, 5.74) is 2.09. The van der Waals surface area contributed by atoms with Crippen molar-refractivity contribution in [3.8, 4) is 11.5 Å². The van der Waals surface area contributed by atoms with Crippen molar-refractivity contribution >= 4 is 27.5 Å². The molecule has 3 rings (SSSR count). The van der Waals surface area contributed by atoms with E-state index in [1.165, 1.54) is 44.4 Å². The third kappa shape index (κ3) is 6.88. The van der Waals surface area contributed by atoms with Crippen molar-refractivity contribution < 1.29 is 27.5 Å². The summed E-state index contributed by atoms with van der Waals surface area (Å²) in [6.07, 6.45) is 0.346. The van der Waals surface area contributed by atoms with Gasteiger partial charge in [-0.15, -0.1) is 0 Å². The molecule has 3 aromatic carbocycles. The number of hydrogen-bond acceptors (Lipinski definition) is 6. The van der Waals surface area contributed by atoms with Crippen LogP contribution < -0.4 is 19.1 Å². The number of carbonyl (C=O) groups excluding carboxylic acids is 2. The number of aryl methyl sites for hydroxylation is 1. The summed E-state index contributed by atoms with van der Waals surface area (Å²) < 4.78 is 39.5. The second kappa shape index (κ2) is 13.1. The van der Waals surface area contributed by atoms with E-state index in [0.29, 0.717) is 17.9 Å². The van der Waals surface area contributed by atoms with Crippen LogP contribution in [0.4, 0.5) is 5.69 Å². The van der Waals surface area contributed by atoms with Gasteiger partial charge in [-0.05, 0) is 43.2 Å². The van der Waals surface area contributed by atoms with Crippen LogP contribution in [-0.4, -0.2) is 59.0 Å². The van der Waals surface area contributed by atoms with Gasteiger partial charge in [0.15, 0.2) is 11.5 Å². The lowest BCUT2D eigenvalue weighted by molar-refractivity contribution is -0.140. The molecule has 0 unspecified atom stereocenters. The van der Waals surface area contributed by atoms with Gasteiger partial charge >= 0.3 is 0 Å². The number of nitrogens with one attached hydrogen (secondary N) is 1. The van der Waals surface area contributed by atoms with Crippen molar-refractivity contribution in [2.45, 2.75) is 37.8 Å². The van der Waals surface area contributed by atoms with Gasteiger partial charge in [0.1, 0.15) is 12.6 Å². The van der Waals surface area contributed by atoms with E-state index >= 15 is 0 Å². The molecule has 0 saturated heterocycles. The van der Waals surface area contributed by atoms with E-state index < -0.39 is 28.5 Å². The lowest BCUT2D eigenvalue weighted by Gasteiger charge is -2.33. The van der Waals surface area contributed by atoms with Gasteiger partial charge in [0, 0.05) is 19.7 Å². The number of anilines is 1. The van der Waals surface area contributed by atoms with Crippen LogP contribution in [0, 0.1) is 6.92 Å². The zero-order valence-corrected chi connectivity index (χ0v) is 23.7. The minimum atomic E-state index is -4.18. The number of likely N-dealkylation sites (N-methyl/N-ethyl adjacent to an activating group) is 1. The molecule has 0 aromatic heterocycles. The second-order valence-electron chi connectivity index (χ2n) is 8.91. The van der Waals surface area contributed by atoms with Gasteiger partial charge < -0.3 is 19.7 Å². The van der Waals surface area contributed by atoms with Crippen molar-refractivity contribution in [3.63, 3.8) is 0 Å². The highest BCUT2D eigenvalue weighted by Crippen LogP contribution is 2.34. The monoisotopic (exact) mass is 553 g/mol. The van der Waals surface area contributed by atoms with E-state index in [-0.39, 0.29) is 23.0 Å². The van der Waals surface area contributed by atoms with E-state index in [0.717, 1.165) is 15.4 Å². The Bertz CT molecular complexity index is 1380. The number of sulfonamides is 1. The lowest BCUT2D eigenvalue weighted by atomic mass is 10.1. The van der Waals surface area contributed by atoms with Gasteiger partial charge in [-0.25, -0.2) is 8.42 Å². The Kier molecular flexibility index (Phi) is 9.95. The predicted molar refractivity (Wildman–Crippen MR) is 150 cm³/mol. The van der Waals surface area contributed by atoms with Crippen LogP contribution >= 0.6 is 0 Å². The van der Waals surface area contributed by atoms with Gasteiger partial charge in [0.05, 0.1) is 24.8 Å². The fourth-order valence-corrected chi connectivity index (χ4v) is 5.63. The summed E-state index contributed by atoms with van der Waals surface area (Å²) in [4.78, 5) is 28.2. The van der Waals surface area contributed by atoms with Crippen LogP contribution in [0.1, 0.15) is 24.5 Å².